The molecule has 7 heteroatoms. The van der Waals surface area contributed by atoms with Gasteiger partial charge in [-0.1, -0.05) is 45.4 Å². The zero-order chi connectivity index (χ0) is 17.2. The van der Waals surface area contributed by atoms with Crippen molar-refractivity contribution in [1.29, 1.82) is 0 Å². The fraction of sp³-hybridized carbons (Fsp3) is 1.00. The highest BCUT2D eigenvalue weighted by atomic mass is 32.2. The van der Waals surface area contributed by atoms with E-state index in [0.717, 1.165) is 38.5 Å². The Bertz CT molecular complexity index is 507. The average molecular weight is 369 g/mol. The molecule has 0 aliphatic carbocycles. The van der Waals surface area contributed by atoms with E-state index in [0.29, 0.717) is 25.2 Å². The molecule has 1 rings (SSSR count). The molecule has 1 aliphatic heterocycles. The summed E-state index contributed by atoms with van der Waals surface area (Å²) < 4.78 is 52.1. The number of hydrogen-bond donors (Lipinski definition) is 0. The van der Waals surface area contributed by atoms with Crippen LogP contribution < -0.4 is 0 Å². The third-order valence-corrected chi connectivity index (χ3v) is 7.67. The molecule has 1 atom stereocenters. The van der Waals surface area contributed by atoms with Crippen molar-refractivity contribution in [2.75, 3.05) is 29.6 Å². The summed E-state index contributed by atoms with van der Waals surface area (Å²) in [4.78, 5) is 0. The van der Waals surface area contributed by atoms with Crippen LogP contribution >= 0.6 is 0 Å². The van der Waals surface area contributed by atoms with E-state index in [4.69, 9.17) is 4.74 Å². The van der Waals surface area contributed by atoms with Crippen LogP contribution in [0.4, 0.5) is 0 Å². The molecule has 0 N–H and O–H groups in total. The second-order valence-electron chi connectivity index (χ2n) is 6.55. The summed E-state index contributed by atoms with van der Waals surface area (Å²) in [6.07, 6.45) is 7.95. The van der Waals surface area contributed by atoms with Gasteiger partial charge in [0.05, 0.1) is 35.7 Å². The van der Waals surface area contributed by atoms with Gasteiger partial charge >= 0.3 is 0 Å². The van der Waals surface area contributed by atoms with Crippen molar-refractivity contribution in [2.24, 2.45) is 0 Å². The van der Waals surface area contributed by atoms with Crippen LogP contribution in [0.1, 0.15) is 64.7 Å². The van der Waals surface area contributed by atoms with Gasteiger partial charge in [0.25, 0.3) is 0 Å². The molecule has 1 saturated heterocycles. The van der Waals surface area contributed by atoms with Gasteiger partial charge < -0.3 is 4.74 Å². The van der Waals surface area contributed by atoms with Crippen molar-refractivity contribution in [3.63, 3.8) is 0 Å². The summed E-state index contributed by atoms with van der Waals surface area (Å²) in [5, 5.41) is 0. The molecule has 0 aromatic heterocycles. The standard InChI is InChI=1S/C16H32O5S2/c1-2-3-4-5-8-11-22(17,18)12-9-6-7-10-13-23(19,20)15-16-14-21-16/h16H,2-15H2,1H3. The number of epoxide rings is 1. The normalized spacial score (nSPS) is 18.2. The Labute approximate surface area is 142 Å². The molecule has 0 spiro atoms. The first kappa shape index (κ1) is 20.9. The molecule has 0 amide bonds. The maximum atomic E-state index is 11.9. The third kappa shape index (κ3) is 12.0. The molecule has 23 heavy (non-hydrogen) atoms. The minimum atomic E-state index is -3.00. The van der Waals surface area contributed by atoms with E-state index in [2.05, 4.69) is 6.92 Å². The Balaban J connectivity index is 2.00. The lowest BCUT2D eigenvalue weighted by atomic mass is 10.2. The Morgan fingerprint density at radius 1 is 0.739 bits per heavy atom. The maximum absolute atomic E-state index is 11.9. The Hall–Kier alpha value is -0.140. The van der Waals surface area contributed by atoms with E-state index in [-0.39, 0.29) is 23.4 Å². The Morgan fingerprint density at radius 3 is 1.61 bits per heavy atom. The van der Waals surface area contributed by atoms with Crippen molar-refractivity contribution >= 4 is 19.7 Å². The van der Waals surface area contributed by atoms with Gasteiger partial charge in [0, 0.05) is 0 Å². The molecule has 0 radical (unpaired) electrons. The van der Waals surface area contributed by atoms with Crippen LogP contribution in [0.5, 0.6) is 0 Å². The van der Waals surface area contributed by atoms with Gasteiger partial charge in [-0.25, -0.2) is 16.8 Å². The molecular formula is C16H32O5S2. The number of ether oxygens (including phenoxy) is 1. The molecular weight excluding hydrogens is 336 g/mol. The topological polar surface area (TPSA) is 80.8 Å². The van der Waals surface area contributed by atoms with E-state index < -0.39 is 19.7 Å². The molecule has 1 aliphatic rings. The van der Waals surface area contributed by atoms with Crippen molar-refractivity contribution < 1.29 is 21.6 Å². The predicted octanol–water partition coefficient (Wildman–Crippen LogP) is 2.75. The van der Waals surface area contributed by atoms with Crippen LogP contribution in [0.2, 0.25) is 0 Å². The van der Waals surface area contributed by atoms with Crippen LogP contribution in [0.25, 0.3) is 0 Å². The second kappa shape index (κ2) is 10.7. The van der Waals surface area contributed by atoms with Gasteiger partial charge in [0.15, 0.2) is 9.84 Å². The maximum Gasteiger partial charge on any atom is 0.152 e. The summed E-state index contributed by atoms with van der Waals surface area (Å²) in [5.74, 6) is 0.867. The zero-order valence-electron chi connectivity index (χ0n) is 14.3. The first-order valence-electron chi connectivity index (χ1n) is 8.87. The highest BCUT2D eigenvalue weighted by molar-refractivity contribution is 7.91. The number of rotatable bonds is 15. The molecule has 0 saturated carbocycles. The van der Waals surface area contributed by atoms with E-state index >= 15 is 0 Å². The quantitative estimate of drug-likeness (QED) is 0.328. The number of unbranched alkanes of at least 4 members (excludes halogenated alkanes) is 7. The van der Waals surface area contributed by atoms with Crippen LogP contribution in [-0.2, 0) is 24.4 Å². The monoisotopic (exact) mass is 368 g/mol. The fourth-order valence-corrected chi connectivity index (χ4v) is 5.62. The van der Waals surface area contributed by atoms with E-state index in [1.54, 1.807) is 0 Å². The molecule has 1 fully saturated rings. The third-order valence-electron chi connectivity index (χ3n) is 4.06. The van der Waals surface area contributed by atoms with Gasteiger partial charge in [0.1, 0.15) is 9.84 Å². The molecule has 5 nitrogen and oxygen atoms in total. The van der Waals surface area contributed by atoms with Gasteiger partial charge in [-0.05, 0) is 19.3 Å². The molecule has 1 heterocycles. The predicted molar refractivity (Wildman–Crippen MR) is 94.3 cm³/mol. The van der Waals surface area contributed by atoms with Crippen molar-refractivity contribution in [2.45, 2.75) is 70.8 Å². The van der Waals surface area contributed by atoms with Crippen molar-refractivity contribution in [1.82, 2.24) is 0 Å². The van der Waals surface area contributed by atoms with E-state index in [1.807, 2.05) is 0 Å². The summed E-state index contributed by atoms with van der Waals surface area (Å²) in [7, 11) is -5.92. The molecule has 0 aromatic carbocycles. The van der Waals surface area contributed by atoms with Crippen molar-refractivity contribution in [3.8, 4) is 0 Å². The minimum Gasteiger partial charge on any atom is -0.372 e. The Morgan fingerprint density at radius 2 is 1.17 bits per heavy atom. The molecule has 0 aromatic rings. The largest absolute Gasteiger partial charge is 0.372 e. The fourth-order valence-electron chi connectivity index (χ4n) is 2.56. The molecule has 138 valence electrons. The van der Waals surface area contributed by atoms with E-state index in [9.17, 15) is 16.8 Å². The van der Waals surface area contributed by atoms with Gasteiger partial charge in [-0.3, -0.25) is 0 Å². The van der Waals surface area contributed by atoms with Gasteiger partial charge in [0.2, 0.25) is 0 Å². The first-order chi connectivity index (χ1) is 10.8. The van der Waals surface area contributed by atoms with E-state index in [1.165, 1.54) is 6.42 Å². The van der Waals surface area contributed by atoms with Crippen LogP contribution in [-0.4, -0.2) is 52.6 Å². The lowest BCUT2D eigenvalue weighted by Gasteiger charge is -2.05. The van der Waals surface area contributed by atoms with Crippen LogP contribution in [0, 0.1) is 0 Å². The summed E-state index contributed by atoms with van der Waals surface area (Å²) in [6.45, 7) is 2.71. The number of hydrogen-bond acceptors (Lipinski definition) is 5. The summed E-state index contributed by atoms with van der Waals surface area (Å²) in [6, 6.07) is 0. The second-order valence-corrected chi connectivity index (χ2v) is 11.1. The SMILES string of the molecule is CCCCCCCS(=O)(=O)CCCCCCS(=O)(=O)CC1CO1. The highest BCUT2D eigenvalue weighted by Gasteiger charge is 2.28. The van der Waals surface area contributed by atoms with Crippen LogP contribution in [0.15, 0.2) is 0 Å². The van der Waals surface area contributed by atoms with Gasteiger partial charge in [-0.2, -0.15) is 0 Å². The first-order valence-corrected chi connectivity index (χ1v) is 12.5. The highest BCUT2D eigenvalue weighted by Crippen LogP contribution is 2.14. The minimum absolute atomic E-state index is 0.0810. The smallest absolute Gasteiger partial charge is 0.152 e. The lowest BCUT2D eigenvalue weighted by Crippen LogP contribution is -2.15. The summed E-state index contributed by atoms with van der Waals surface area (Å²) >= 11 is 0. The number of sulfone groups is 2. The lowest BCUT2D eigenvalue weighted by molar-refractivity contribution is 0.422. The molecule has 1 unspecified atom stereocenters. The van der Waals surface area contributed by atoms with Crippen LogP contribution in [0.3, 0.4) is 0 Å². The summed E-state index contributed by atoms with van der Waals surface area (Å²) in [5.41, 5.74) is 0. The Kier molecular flexibility index (Phi) is 9.70. The van der Waals surface area contributed by atoms with Gasteiger partial charge in [-0.15, -0.1) is 0 Å². The average Bonchev–Trinajstić information content (AvgIpc) is 3.25. The zero-order valence-corrected chi connectivity index (χ0v) is 16.0. The van der Waals surface area contributed by atoms with Crippen molar-refractivity contribution in [3.05, 3.63) is 0 Å². The molecule has 0 bridgehead atoms.